The topological polar surface area (TPSA) is 35.9 Å². The Balaban J connectivity index is 0.00000675. The Hall–Kier alpha value is -7.33. The van der Waals surface area contributed by atoms with Crippen LogP contribution in [-0.2, 0) is 37.3 Å². The summed E-state index contributed by atoms with van der Waals surface area (Å²) in [4.78, 5) is 4.85. The number of rotatable bonds is 5. The van der Waals surface area contributed by atoms with Gasteiger partial charge in [0.2, 0.25) is 0 Å². The summed E-state index contributed by atoms with van der Waals surface area (Å²) in [5.41, 5.74) is 8.96. The van der Waals surface area contributed by atoms with Crippen molar-refractivity contribution in [3.63, 3.8) is 0 Å². The van der Waals surface area contributed by atoms with E-state index < -0.39 is 41.7 Å². The molecule has 0 saturated carbocycles. The van der Waals surface area contributed by atoms with E-state index in [9.17, 15) is 6.85 Å². The number of imidazole rings is 1. The van der Waals surface area contributed by atoms with Crippen LogP contribution in [0.15, 0.2) is 176 Å². The molecular formula is C66H56N4OPt-2. The molecule has 0 radical (unpaired) electrons. The van der Waals surface area contributed by atoms with Crippen molar-refractivity contribution >= 4 is 32.8 Å². The monoisotopic (exact) mass is 1120 g/mol. The zero-order valence-corrected chi connectivity index (χ0v) is 43.9. The van der Waals surface area contributed by atoms with Crippen molar-refractivity contribution in [3.8, 4) is 73.2 Å². The normalized spacial score (nSPS) is 14.0. The Morgan fingerprint density at radius 3 is 1.83 bits per heavy atom. The van der Waals surface area contributed by atoms with Gasteiger partial charge in [-0.1, -0.05) is 189 Å². The van der Waals surface area contributed by atoms with E-state index in [1.54, 1.807) is 6.07 Å². The Morgan fingerprint density at radius 2 is 1.14 bits per heavy atom. The summed E-state index contributed by atoms with van der Waals surface area (Å²) in [5, 5.41) is 2.05. The maximum atomic E-state index is 9.83. The third-order valence-corrected chi connectivity index (χ3v) is 13.7. The molecule has 11 aromatic rings. The SMILES string of the molecule is [2H]c1c([2H])c([2H])c2c(c1[2H])-c1cc(C(C)(C)C)cc(-c3ccc(C(C)(C)C)cc3)c1-[n+]1[c-]n(-c3[c-]c(Oc4[c-]c5c(cc4)c4ccccc4n5-c4cc(C(C)(C)C)ccn4)ccc3)c3cccc(c31)-c1c([2H])c([2H])c([2H])c([2H])c1-2.[Pt]. The van der Waals surface area contributed by atoms with Crippen LogP contribution in [0, 0.1) is 18.5 Å². The summed E-state index contributed by atoms with van der Waals surface area (Å²) in [6, 6.07) is 43.6. The third kappa shape index (κ3) is 7.99. The zero-order chi connectivity index (χ0) is 55.9. The van der Waals surface area contributed by atoms with Crippen molar-refractivity contribution < 1.29 is 41.3 Å². The van der Waals surface area contributed by atoms with E-state index in [1.165, 1.54) is 0 Å². The fourth-order valence-electron chi connectivity index (χ4n) is 9.89. The van der Waals surface area contributed by atoms with Crippen molar-refractivity contribution in [2.45, 2.75) is 78.6 Å². The van der Waals surface area contributed by atoms with Crippen LogP contribution in [0.5, 0.6) is 11.5 Å². The van der Waals surface area contributed by atoms with Crippen molar-refractivity contribution in [1.82, 2.24) is 14.1 Å². The van der Waals surface area contributed by atoms with Gasteiger partial charge in [-0.3, -0.25) is 4.57 Å². The quantitative estimate of drug-likeness (QED) is 0.127. The van der Waals surface area contributed by atoms with Crippen LogP contribution in [0.2, 0.25) is 0 Å². The van der Waals surface area contributed by atoms with Crippen LogP contribution in [-0.4, -0.2) is 14.1 Å². The van der Waals surface area contributed by atoms with Gasteiger partial charge < -0.3 is 13.9 Å². The molecule has 6 heteroatoms. The second-order valence-electron chi connectivity index (χ2n) is 21.5. The molecule has 0 atom stereocenters. The Kier molecular flexibility index (Phi) is 9.30. The molecule has 72 heavy (non-hydrogen) atoms. The van der Waals surface area contributed by atoms with Gasteiger partial charge in [0.1, 0.15) is 5.82 Å². The maximum Gasteiger partial charge on any atom is 0.268 e. The second kappa shape index (κ2) is 17.5. The van der Waals surface area contributed by atoms with Crippen LogP contribution < -0.4 is 9.30 Å². The fourth-order valence-corrected chi connectivity index (χ4v) is 9.89. The number of ether oxygens (including phenoxy) is 1. The minimum Gasteiger partial charge on any atom is -0.510 e. The molecule has 3 aromatic heterocycles. The average molecular weight is 1120 g/mol. The predicted molar refractivity (Wildman–Crippen MR) is 291 cm³/mol. The molecule has 358 valence electrons. The van der Waals surface area contributed by atoms with Gasteiger partial charge in [-0.2, -0.15) is 18.2 Å². The van der Waals surface area contributed by atoms with Gasteiger partial charge in [-0.05, 0) is 107 Å². The standard InChI is InChI=1S/C66H56N4O.Pt/c1-64(2,3)43-30-28-42(29-31-43)56-36-45(66(7,8)9)37-57-52-23-13-11-21-50(52)49-20-10-12-22-51(49)55-25-17-27-59-63(55)69(62(56)57)41-68(59)46-18-16-19-47(39-46)71-48-32-33-54-53-24-14-15-26-58(53)70(60(54)40-48)61-38-44(34-35-67-61)65(4,5)6;/h10-38H,1-9H3;/q-2;/i10D,11D,12D,13D,20D,21D,22D,23D;. The molecule has 12 rings (SSSR count). The van der Waals surface area contributed by atoms with Crippen molar-refractivity contribution in [3.05, 3.63) is 211 Å². The van der Waals surface area contributed by atoms with Crippen LogP contribution in [0.1, 0.15) is 90.0 Å². The van der Waals surface area contributed by atoms with Crippen molar-refractivity contribution in [2.75, 3.05) is 0 Å². The molecule has 0 spiro atoms. The molecule has 0 bridgehead atoms. The summed E-state index contributed by atoms with van der Waals surface area (Å²) in [6.45, 7) is 19.3. The van der Waals surface area contributed by atoms with Crippen molar-refractivity contribution in [1.29, 1.82) is 0 Å². The Labute approximate surface area is 448 Å². The van der Waals surface area contributed by atoms with Crippen molar-refractivity contribution in [2.24, 2.45) is 0 Å². The van der Waals surface area contributed by atoms with Crippen LogP contribution in [0.25, 0.3) is 94.5 Å². The number of nitrogens with zero attached hydrogens (tertiary/aromatic N) is 4. The molecule has 1 aliphatic rings. The molecule has 0 N–H and O–H groups in total. The molecule has 4 heterocycles. The minimum atomic E-state index is -0.524. The molecule has 0 amide bonds. The van der Waals surface area contributed by atoms with Gasteiger partial charge in [0.05, 0.1) is 27.7 Å². The van der Waals surface area contributed by atoms with Gasteiger partial charge >= 0.3 is 0 Å². The second-order valence-corrected chi connectivity index (χ2v) is 21.5. The largest absolute Gasteiger partial charge is 0.510 e. The number of fused-ring (bicyclic) bond motifs is 10. The number of pyridine rings is 1. The smallest absolute Gasteiger partial charge is 0.268 e. The molecule has 0 saturated heterocycles. The molecule has 5 nitrogen and oxygen atoms in total. The van der Waals surface area contributed by atoms with E-state index in [2.05, 4.69) is 140 Å². The molecule has 1 aliphatic heterocycles. The van der Waals surface area contributed by atoms with E-state index in [0.29, 0.717) is 45.0 Å². The number of benzene rings is 8. The summed E-state index contributed by atoms with van der Waals surface area (Å²) in [7, 11) is 0. The first-order valence-corrected chi connectivity index (χ1v) is 24.1. The predicted octanol–water partition coefficient (Wildman–Crippen LogP) is 16.5. The first-order chi connectivity index (χ1) is 37.4. The third-order valence-electron chi connectivity index (χ3n) is 13.7. The molecule has 0 fully saturated rings. The van der Waals surface area contributed by atoms with Gasteiger partial charge in [0, 0.05) is 44.3 Å². The summed E-state index contributed by atoms with van der Waals surface area (Å²) in [6.07, 6.45) is 5.55. The summed E-state index contributed by atoms with van der Waals surface area (Å²) in [5.74, 6) is 1.62. The van der Waals surface area contributed by atoms with Crippen LogP contribution >= 0.6 is 0 Å². The number of hydrogen-bond acceptors (Lipinski definition) is 2. The summed E-state index contributed by atoms with van der Waals surface area (Å²) < 4.78 is 87.8. The summed E-state index contributed by atoms with van der Waals surface area (Å²) >= 11 is 0. The van der Waals surface area contributed by atoms with Crippen LogP contribution in [0.4, 0.5) is 0 Å². The number of hydrogen-bond donors (Lipinski definition) is 0. The van der Waals surface area contributed by atoms with E-state index in [1.807, 2.05) is 76.0 Å². The minimum absolute atomic E-state index is 0. The first-order valence-electron chi connectivity index (χ1n) is 28.1. The van der Waals surface area contributed by atoms with E-state index in [4.69, 9.17) is 13.8 Å². The zero-order valence-electron chi connectivity index (χ0n) is 49.6. The first kappa shape index (κ1) is 38.4. The van der Waals surface area contributed by atoms with Gasteiger partial charge in [-0.15, -0.1) is 29.7 Å². The van der Waals surface area contributed by atoms with E-state index in [-0.39, 0.29) is 66.2 Å². The van der Waals surface area contributed by atoms with Gasteiger partial charge in [0.15, 0.2) is 0 Å². The molecule has 0 unspecified atom stereocenters. The Bertz CT molecular complexity index is 4390. The van der Waals surface area contributed by atoms with Gasteiger partial charge in [0.25, 0.3) is 6.33 Å². The Morgan fingerprint density at radius 1 is 0.528 bits per heavy atom. The molecule has 8 aromatic carbocycles. The van der Waals surface area contributed by atoms with E-state index >= 15 is 0 Å². The fraction of sp³-hybridized carbons (Fsp3) is 0.182. The maximum absolute atomic E-state index is 9.83. The average Bonchev–Trinajstić information content (AvgIpc) is 3.99. The van der Waals surface area contributed by atoms with Crippen LogP contribution in [0.3, 0.4) is 0 Å². The number of aromatic nitrogens is 4. The van der Waals surface area contributed by atoms with Gasteiger partial charge in [-0.25, -0.2) is 4.98 Å². The van der Waals surface area contributed by atoms with E-state index in [0.717, 1.165) is 55.4 Å². The number of para-hydroxylation sites is 2. The molecular weight excluding hydrogens is 1060 g/mol. The molecule has 0 aliphatic carbocycles.